The number of aromatic nitrogens is 1. The average molecular weight is 757 g/mol. The minimum atomic E-state index is -0.258. The van der Waals surface area contributed by atoms with Crippen molar-refractivity contribution in [2.24, 2.45) is 0 Å². The topological polar surface area (TPSA) is 55.2 Å². The number of benzene rings is 5. The van der Waals surface area contributed by atoms with E-state index in [-0.39, 0.29) is 31.9 Å². The van der Waals surface area contributed by atoms with Gasteiger partial charge in [0.25, 0.3) is 0 Å². The molecular weight excluding hydrogens is 715 g/mol. The summed E-state index contributed by atoms with van der Waals surface area (Å²) in [7, 11) is 7.00. The van der Waals surface area contributed by atoms with Crippen LogP contribution in [-0.2, 0) is 38.7 Å². The van der Waals surface area contributed by atoms with Gasteiger partial charge < -0.3 is 20.9 Å². The van der Waals surface area contributed by atoms with E-state index in [2.05, 4.69) is 128 Å². The quantitative estimate of drug-likeness (QED) is 0.0909. The van der Waals surface area contributed by atoms with Gasteiger partial charge in [-0.15, -0.1) is 41.6 Å². The number of para-hydroxylation sites is 1. The molecule has 5 aromatic carbocycles. The first kappa shape index (κ1) is 35.8. The van der Waals surface area contributed by atoms with Gasteiger partial charge in [-0.25, -0.2) is 0 Å². The van der Waals surface area contributed by atoms with Crippen molar-refractivity contribution in [1.82, 2.24) is 4.98 Å². The Hall–Kier alpha value is -3.64. The van der Waals surface area contributed by atoms with E-state index in [1.54, 1.807) is 28.2 Å². The number of fused-ring (bicyclic) bond motifs is 3. The molecule has 226 valence electrons. The van der Waals surface area contributed by atoms with Gasteiger partial charge in [0, 0.05) is 5.69 Å². The molecule has 0 aliphatic rings. The SMILES string of the molecule is CCc1cccc(CC)c1[N-]C(c1cccc(-c2[c-]cccc2)n1)c1cc2ccccc2c2ccccc12.C[N-]C.C[N-]C.[Hf+4]. The van der Waals surface area contributed by atoms with Gasteiger partial charge in [-0.1, -0.05) is 110 Å². The molecule has 0 saturated carbocycles. The first-order valence-electron chi connectivity index (χ1n) is 15.2. The summed E-state index contributed by atoms with van der Waals surface area (Å²) in [6.07, 6.45) is 1.87. The average Bonchev–Trinajstić information content (AvgIpc) is 3.08. The van der Waals surface area contributed by atoms with Gasteiger partial charge in [-0.3, -0.25) is 0 Å². The molecule has 1 heterocycles. The molecule has 45 heavy (non-hydrogen) atoms. The van der Waals surface area contributed by atoms with Crippen molar-refractivity contribution in [3.63, 3.8) is 0 Å². The van der Waals surface area contributed by atoms with Crippen molar-refractivity contribution >= 4 is 27.2 Å². The van der Waals surface area contributed by atoms with Gasteiger partial charge in [-0.2, -0.15) is 28.2 Å². The molecule has 4 nitrogen and oxygen atoms in total. The number of aryl methyl sites for hydroxylation is 2. The first-order valence-corrected chi connectivity index (χ1v) is 15.2. The van der Waals surface area contributed by atoms with Crippen molar-refractivity contribution < 1.29 is 25.8 Å². The van der Waals surface area contributed by atoms with E-state index >= 15 is 0 Å². The predicted octanol–water partition coefficient (Wildman–Crippen LogP) is 11.0. The molecule has 0 radical (unpaired) electrons. The zero-order chi connectivity index (χ0) is 31.3. The van der Waals surface area contributed by atoms with E-state index in [9.17, 15) is 0 Å². The van der Waals surface area contributed by atoms with Crippen LogP contribution < -0.4 is 0 Å². The monoisotopic (exact) mass is 758 g/mol. The van der Waals surface area contributed by atoms with Crippen LogP contribution in [0.15, 0.2) is 115 Å². The van der Waals surface area contributed by atoms with Crippen molar-refractivity contribution in [2.75, 3.05) is 28.2 Å². The summed E-state index contributed by atoms with van der Waals surface area (Å²) in [5, 5.41) is 17.5. The number of hydrogen-bond donors (Lipinski definition) is 0. The van der Waals surface area contributed by atoms with E-state index in [4.69, 9.17) is 10.3 Å². The fourth-order valence-corrected chi connectivity index (χ4v) is 5.42. The Morgan fingerprint density at radius 1 is 0.644 bits per heavy atom. The van der Waals surface area contributed by atoms with Gasteiger partial charge in [-0.05, 0) is 57.8 Å². The Morgan fingerprint density at radius 2 is 1.22 bits per heavy atom. The fourth-order valence-electron chi connectivity index (χ4n) is 5.42. The number of rotatable bonds is 7. The minimum absolute atomic E-state index is 0. The van der Waals surface area contributed by atoms with Crippen molar-refractivity contribution in [2.45, 2.75) is 32.7 Å². The number of pyridine rings is 1. The van der Waals surface area contributed by atoms with E-state index in [1.807, 2.05) is 18.2 Å². The second kappa shape index (κ2) is 18.4. The molecule has 0 saturated heterocycles. The predicted molar refractivity (Wildman–Crippen MR) is 190 cm³/mol. The molecule has 1 aromatic heterocycles. The maximum absolute atomic E-state index is 5.56. The Morgan fingerprint density at radius 3 is 1.84 bits per heavy atom. The third-order valence-electron chi connectivity index (χ3n) is 7.35. The summed E-state index contributed by atoms with van der Waals surface area (Å²) in [6.45, 7) is 4.41. The Labute approximate surface area is 288 Å². The van der Waals surface area contributed by atoms with Crippen LogP contribution in [0.3, 0.4) is 0 Å². The molecule has 0 aliphatic heterocycles. The van der Waals surface area contributed by atoms with E-state index in [1.165, 1.54) is 38.2 Å². The Kier molecular flexibility index (Phi) is 14.6. The summed E-state index contributed by atoms with van der Waals surface area (Å²) >= 11 is 0. The van der Waals surface area contributed by atoms with Gasteiger partial charge in [0.05, 0.1) is 0 Å². The van der Waals surface area contributed by atoms with E-state index < -0.39 is 0 Å². The minimum Gasteiger partial charge on any atom is -0.673 e. The number of nitrogens with zero attached hydrogens (tertiary/aromatic N) is 4. The molecule has 0 bridgehead atoms. The molecule has 0 fully saturated rings. The molecule has 6 aromatic rings. The smallest absolute Gasteiger partial charge is 0.673 e. The fraction of sp³-hybridized carbons (Fsp3) is 0.225. The van der Waals surface area contributed by atoms with Crippen LogP contribution in [0.5, 0.6) is 0 Å². The zero-order valence-electron chi connectivity index (χ0n) is 27.3. The summed E-state index contributed by atoms with van der Waals surface area (Å²) in [5.41, 5.74) is 7.65. The van der Waals surface area contributed by atoms with E-state index in [0.29, 0.717) is 0 Å². The maximum atomic E-state index is 5.56. The van der Waals surface area contributed by atoms with Crippen LogP contribution in [0.1, 0.15) is 42.3 Å². The van der Waals surface area contributed by atoms with Crippen LogP contribution in [0, 0.1) is 6.07 Å². The third-order valence-corrected chi connectivity index (χ3v) is 7.35. The second-order valence-electron chi connectivity index (χ2n) is 10.5. The summed E-state index contributed by atoms with van der Waals surface area (Å²) in [4.78, 5) is 5.19. The van der Waals surface area contributed by atoms with Crippen molar-refractivity contribution in [3.8, 4) is 11.3 Å². The first-order chi connectivity index (χ1) is 21.6. The zero-order valence-corrected chi connectivity index (χ0v) is 30.8. The van der Waals surface area contributed by atoms with E-state index in [0.717, 1.165) is 35.5 Å². The van der Waals surface area contributed by atoms with Gasteiger partial charge in [0.2, 0.25) is 0 Å². The summed E-state index contributed by atoms with van der Waals surface area (Å²) in [5.74, 6) is 0. The molecule has 6 rings (SSSR count). The van der Waals surface area contributed by atoms with Crippen LogP contribution in [-0.4, -0.2) is 33.2 Å². The Bertz CT molecular complexity index is 1740. The number of hydrogen-bond acceptors (Lipinski definition) is 1. The standard InChI is InChI=1S/C36H30N2.2C2H6N.Hf/c1-3-25-17-12-18-26(4-2)35(25)38-36(34-23-13-22-33(37-34)27-14-6-5-7-15-27)32-24-28-16-8-9-19-29(28)30-20-10-11-21-31(30)32;2*1-3-2;/h5-14,16-24,36H,3-4H2,1-2H3;2*1-2H3;/q-2;2*-1;+4. The summed E-state index contributed by atoms with van der Waals surface area (Å²) in [6, 6.07) is 43.6. The van der Waals surface area contributed by atoms with Crippen LogP contribution in [0.2, 0.25) is 0 Å². The largest absolute Gasteiger partial charge is 4.00 e. The van der Waals surface area contributed by atoms with Gasteiger partial charge in [0.1, 0.15) is 0 Å². The molecule has 1 atom stereocenters. The maximum Gasteiger partial charge on any atom is 4.00 e. The molecule has 0 amide bonds. The molecule has 0 N–H and O–H groups in total. The van der Waals surface area contributed by atoms with Gasteiger partial charge in [0.15, 0.2) is 0 Å². The van der Waals surface area contributed by atoms with Crippen LogP contribution >= 0.6 is 0 Å². The molecule has 5 heteroatoms. The molecule has 0 spiro atoms. The summed E-state index contributed by atoms with van der Waals surface area (Å²) < 4.78 is 0. The van der Waals surface area contributed by atoms with Crippen molar-refractivity contribution in [1.29, 1.82) is 0 Å². The molecular formula is C40H42HfN4. The van der Waals surface area contributed by atoms with Crippen LogP contribution in [0.4, 0.5) is 5.69 Å². The second-order valence-corrected chi connectivity index (χ2v) is 10.5. The normalized spacial score (nSPS) is 11.0. The van der Waals surface area contributed by atoms with Crippen LogP contribution in [0.25, 0.3) is 48.8 Å². The third kappa shape index (κ3) is 8.76. The Balaban J connectivity index is 0.000000733. The van der Waals surface area contributed by atoms with Crippen molar-refractivity contribution in [3.05, 3.63) is 160 Å². The molecule has 1 unspecified atom stereocenters. The van der Waals surface area contributed by atoms with Gasteiger partial charge >= 0.3 is 25.8 Å². The molecule has 0 aliphatic carbocycles.